The van der Waals surface area contributed by atoms with E-state index >= 15 is 0 Å². The van der Waals surface area contributed by atoms with Crippen LogP contribution in [0.15, 0.2) is 35.3 Å². The topological polar surface area (TPSA) is 47.9 Å². The van der Waals surface area contributed by atoms with E-state index in [9.17, 15) is 4.79 Å². The molecule has 0 bridgehead atoms. The Bertz CT molecular complexity index is 654. The highest BCUT2D eigenvalue weighted by Gasteiger charge is 2.31. The molecular formula is C22H35IN4O. The molecule has 0 unspecified atom stereocenters. The predicted molar refractivity (Wildman–Crippen MR) is 126 cm³/mol. The van der Waals surface area contributed by atoms with Crippen molar-refractivity contribution >= 4 is 35.8 Å². The molecule has 0 radical (unpaired) electrons. The molecule has 6 heteroatoms. The maximum atomic E-state index is 12.6. The van der Waals surface area contributed by atoms with E-state index in [4.69, 9.17) is 0 Å². The Morgan fingerprint density at radius 3 is 2.39 bits per heavy atom. The van der Waals surface area contributed by atoms with Crippen LogP contribution in [-0.2, 0) is 11.2 Å². The fourth-order valence-electron chi connectivity index (χ4n) is 4.23. The number of guanidine groups is 1. The van der Waals surface area contributed by atoms with E-state index in [0.717, 1.165) is 57.8 Å². The number of rotatable bonds is 4. The number of carbonyl (C=O) groups is 1. The summed E-state index contributed by atoms with van der Waals surface area (Å²) >= 11 is 0. The first kappa shape index (κ1) is 23.0. The lowest BCUT2D eigenvalue weighted by atomic mass is 9.90. The van der Waals surface area contributed by atoms with Crippen molar-refractivity contribution < 1.29 is 4.79 Å². The molecule has 1 aromatic carbocycles. The average Bonchev–Trinajstić information content (AvgIpc) is 3.03. The van der Waals surface area contributed by atoms with Gasteiger partial charge >= 0.3 is 0 Å². The fourth-order valence-corrected chi connectivity index (χ4v) is 4.23. The van der Waals surface area contributed by atoms with E-state index in [-0.39, 0.29) is 29.9 Å². The first-order chi connectivity index (χ1) is 13.0. The van der Waals surface area contributed by atoms with Crippen molar-refractivity contribution in [3.63, 3.8) is 0 Å². The molecule has 1 amide bonds. The smallest absolute Gasteiger partial charge is 0.241 e. The lowest BCUT2D eigenvalue weighted by molar-refractivity contribution is -0.131. The van der Waals surface area contributed by atoms with E-state index in [2.05, 4.69) is 59.4 Å². The number of benzene rings is 1. The summed E-state index contributed by atoms with van der Waals surface area (Å²) in [5.41, 5.74) is 1.73. The monoisotopic (exact) mass is 498 g/mol. The number of nitrogens with one attached hydrogen (secondary N) is 1. The van der Waals surface area contributed by atoms with E-state index in [1.54, 1.807) is 7.05 Å². The van der Waals surface area contributed by atoms with E-state index in [1.807, 2.05) is 4.90 Å². The van der Waals surface area contributed by atoms with E-state index < -0.39 is 0 Å². The Hall–Kier alpha value is -1.31. The zero-order valence-electron chi connectivity index (χ0n) is 17.5. The Kier molecular flexibility index (Phi) is 8.58. The Morgan fingerprint density at radius 1 is 1.14 bits per heavy atom. The molecule has 1 aromatic rings. The van der Waals surface area contributed by atoms with Crippen molar-refractivity contribution in [2.45, 2.75) is 39.5 Å². The average molecular weight is 498 g/mol. The minimum absolute atomic E-state index is 0. The van der Waals surface area contributed by atoms with Gasteiger partial charge in [0.15, 0.2) is 5.96 Å². The second-order valence-electron chi connectivity index (χ2n) is 8.75. The Balaban J connectivity index is 0.00000280. The molecule has 28 heavy (non-hydrogen) atoms. The van der Waals surface area contributed by atoms with Gasteiger partial charge in [0.1, 0.15) is 0 Å². The predicted octanol–water partition coefficient (Wildman–Crippen LogP) is 3.39. The van der Waals surface area contributed by atoms with Crippen LogP contribution in [0.3, 0.4) is 0 Å². The summed E-state index contributed by atoms with van der Waals surface area (Å²) in [6.45, 7) is 8.64. The van der Waals surface area contributed by atoms with Crippen LogP contribution < -0.4 is 5.32 Å². The van der Waals surface area contributed by atoms with Gasteiger partial charge in [-0.15, -0.1) is 24.0 Å². The van der Waals surface area contributed by atoms with Crippen molar-refractivity contribution in [3.05, 3.63) is 35.9 Å². The van der Waals surface area contributed by atoms with Crippen molar-refractivity contribution in [2.24, 2.45) is 16.3 Å². The van der Waals surface area contributed by atoms with Crippen LogP contribution in [0.5, 0.6) is 0 Å². The molecule has 5 nitrogen and oxygen atoms in total. The number of hydrogen-bond donors (Lipinski definition) is 1. The standard InChI is InChI=1S/C22H34N4O.HI/c1-22(2)11-14-26(17-22)21(23-3)24-16-20(27)25-12-9-19(10-13-25)15-18-7-5-4-6-8-18;/h4-8,19H,9-17H2,1-3H3,(H,23,24);1H. The first-order valence-electron chi connectivity index (χ1n) is 10.2. The van der Waals surface area contributed by atoms with Crippen molar-refractivity contribution in [2.75, 3.05) is 39.8 Å². The van der Waals surface area contributed by atoms with Crippen molar-refractivity contribution in [1.82, 2.24) is 15.1 Å². The van der Waals surface area contributed by atoms with Crippen LogP contribution in [0, 0.1) is 11.3 Å². The van der Waals surface area contributed by atoms with Crippen molar-refractivity contribution in [3.8, 4) is 0 Å². The lowest BCUT2D eigenvalue weighted by Gasteiger charge is -2.32. The Labute approximate surface area is 187 Å². The van der Waals surface area contributed by atoms with Gasteiger partial charge in [-0.05, 0) is 42.6 Å². The van der Waals surface area contributed by atoms with Crippen LogP contribution in [-0.4, -0.2) is 61.4 Å². The summed E-state index contributed by atoms with van der Waals surface area (Å²) in [6, 6.07) is 10.7. The molecule has 0 aliphatic carbocycles. The molecular weight excluding hydrogens is 463 g/mol. The van der Waals surface area contributed by atoms with Crippen molar-refractivity contribution in [1.29, 1.82) is 0 Å². The van der Waals surface area contributed by atoms with E-state index in [1.165, 1.54) is 5.56 Å². The van der Waals surface area contributed by atoms with Crippen LogP contribution in [0.2, 0.25) is 0 Å². The molecule has 0 saturated carbocycles. The third-order valence-electron chi connectivity index (χ3n) is 5.92. The minimum Gasteiger partial charge on any atom is -0.347 e. The van der Waals surface area contributed by atoms with E-state index in [0.29, 0.717) is 17.9 Å². The molecule has 3 rings (SSSR count). The highest BCUT2D eigenvalue weighted by Crippen LogP contribution is 2.28. The zero-order chi connectivity index (χ0) is 19.3. The van der Waals surface area contributed by atoms with Gasteiger partial charge in [-0.25, -0.2) is 0 Å². The third kappa shape index (κ3) is 6.36. The normalized spacial score (nSPS) is 20.0. The minimum atomic E-state index is 0. The summed E-state index contributed by atoms with van der Waals surface area (Å²) < 4.78 is 0. The first-order valence-corrected chi connectivity index (χ1v) is 10.2. The molecule has 2 aliphatic rings. The second kappa shape index (κ2) is 10.5. The number of piperidine rings is 1. The largest absolute Gasteiger partial charge is 0.347 e. The summed E-state index contributed by atoms with van der Waals surface area (Å²) in [6.07, 6.45) is 4.47. The summed E-state index contributed by atoms with van der Waals surface area (Å²) in [5, 5.41) is 3.28. The molecule has 0 spiro atoms. The van der Waals surface area contributed by atoms with Gasteiger partial charge in [0, 0.05) is 33.2 Å². The third-order valence-corrected chi connectivity index (χ3v) is 5.92. The van der Waals surface area contributed by atoms with Gasteiger partial charge in [0.05, 0.1) is 6.54 Å². The molecule has 156 valence electrons. The fraction of sp³-hybridized carbons (Fsp3) is 0.636. The van der Waals surface area contributed by atoms with Crippen LogP contribution >= 0.6 is 24.0 Å². The van der Waals surface area contributed by atoms with Gasteiger partial charge in [0.2, 0.25) is 5.91 Å². The maximum absolute atomic E-state index is 12.6. The quantitative estimate of drug-likeness (QED) is 0.394. The molecule has 0 atom stereocenters. The second-order valence-corrected chi connectivity index (χ2v) is 8.75. The highest BCUT2D eigenvalue weighted by atomic mass is 127. The number of carbonyl (C=O) groups excluding carboxylic acids is 1. The summed E-state index contributed by atoms with van der Waals surface area (Å²) in [4.78, 5) is 21.3. The molecule has 1 N–H and O–H groups in total. The maximum Gasteiger partial charge on any atom is 0.241 e. The molecule has 2 saturated heterocycles. The van der Waals surface area contributed by atoms with Crippen LogP contribution in [0.1, 0.15) is 38.7 Å². The molecule has 0 aromatic heterocycles. The Morgan fingerprint density at radius 2 is 1.82 bits per heavy atom. The van der Waals surface area contributed by atoms with Gasteiger partial charge in [-0.2, -0.15) is 0 Å². The van der Waals surface area contributed by atoms with Gasteiger partial charge in [-0.3, -0.25) is 9.79 Å². The number of nitrogens with zero attached hydrogens (tertiary/aromatic N) is 3. The SMILES string of the molecule is CN=C(NCC(=O)N1CCC(Cc2ccccc2)CC1)N1CCC(C)(C)C1.I. The van der Waals surface area contributed by atoms with Gasteiger partial charge in [-0.1, -0.05) is 44.2 Å². The molecule has 2 heterocycles. The lowest BCUT2D eigenvalue weighted by Crippen LogP contribution is -2.48. The molecule has 2 fully saturated rings. The van der Waals surface area contributed by atoms with Gasteiger partial charge in [0.25, 0.3) is 0 Å². The zero-order valence-corrected chi connectivity index (χ0v) is 19.8. The number of likely N-dealkylation sites (tertiary alicyclic amines) is 2. The van der Waals surface area contributed by atoms with Gasteiger partial charge < -0.3 is 15.1 Å². The number of aliphatic imine (C=N–C) groups is 1. The summed E-state index contributed by atoms with van der Waals surface area (Å²) in [5.74, 6) is 1.73. The molecule has 2 aliphatic heterocycles. The number of halogens is 1. The number of hydrogen-bond acceptors (Lipinski definition) is 2. The number of amides is 1. The highest BCUT2D eigenvalue weighted by molar-refractivity contribution is 14.0. The van der Waals surface area contributed by atoms with Crippen LogP contribution in [0.25, 0.3) is 0 Å². The van der Waals surface area contributed by atoms with Crippen LogP contribution in [0.4, 0.5) is 0 Å². The summed E-state index contributed by atoms with van der Waals surface area (Å²) in [7, 11) is 1.80.